The topological polar surface area (TPSA) is 114 Å². The molecule has 0 saturated carbocycles. The number of hydrogen-bond acceptors (Lipinski definition) is 6. The van der Waals surface area contributed by atoms with Crippen LogP contribution in [0.2, 0.25) is 10.0 Å². The van der Waals surface area contributed by atoms with Gasteiger partial charge >= 0.3 is 0 Å². The summed E-state index contributed by atoms with van der Waals surface area (Å²) in [5, 5.41) is 5.67. The van der Waals surface area contributed by atoms with E-state index in [2.05, 4.69) is 10.6 Å². The number of rotatable bonds is 7. The van der Waals surface area contributed by atoms with Crippen LogP contribution in [0.15, 0.2) is 41.3 Å². The molecular weight excluding hydrogens is 481 g/mol. The van der Waals surface area contributed by atoms with Crippen molar-refractivity contribution in [3.8, 4) is 5.75 Å². The molecule has 0 bridgehead atoms. The van der Waals surface area contributed by atoms with Crippen molar-refractivity contribution in [3.63, 3.8) is 0 Å². The zero-order valence-electron chi connectivity index (χ0n) is 17.1. The van der Waals surface area contributed by atoms with Crippen molar-refractivity contribution in [3.05, 3.63) is 52.0 Å². The third-order valence-corrected chi connectivity index (χ3v) is 7.09. The quantitative estimate of drug-likeness (QED) is 0.601. The molecule has 32 heavy (non-hydrogen) atoms. The number of nitrogens with one attached hydrogen (secondary N) is 2. The summed E-state index contributed by atoms with van der Waals surface area (Å²) in [6.07, 6.45) is 0. The summed E-state index contributed by atoms with van der Waals surface area (Å²) < 4.78 is 37.5. The maximum atomic E-state index is 12.9. The Bertz CT molecular complexity index is 1120. The summed E-state index contributed by atoms with van der Waals surface area (Å²) in [6.45, 7) is 0.665. The lowest BCUT2D eigenvalue weighted by Gasteiger charge is -2.26. The van der Waals surface area contributed by atoms with Gasteiger partial charge in [0.1, 0.15) is 5.75 Å². The van der Waals surface area contributed by atoms with Gasteiger partial charge in [0.05, 0.1) is 48.0 Å². The van der Waals surface area contributed by atoms with Crippen LogP contribution < -0.4 is 15.4 Å². The Balaban J connectivity index is 1.73. The number of anilines is 1. The first-order chi connectivity index (χ1) is 15.2. The standard InChI is InChI=1S/C20H21Cl2N3O6S/c1-30-18-5-3-14(32(28,29)25-6-8-31-9-7-25)11-15(18)20(27)23-12-19(26)24-17-10-13(21)2-4-16(17)22/h2-5,10-11H,6-9,12H2,1H3,(H,23,27)(H,24,26). The molecule has 3 rings (SSSR count). The number of amides is 2. The minimum atomic E-state index is -3.81. The lowest BCUT2D eigenvalue weighted by Crippen LogP contribution is -2.40. The van der Waals surface area contributed by atoms with Crippen molar-refractivity contribution in [2.45, 2.75) is 4.90 Å². The molecule has 2 N–H and O–H groups in total. The first-order valence-corrected chi connectivity index (χ1v) is 11.7. The molecule has 0 aromatic heterocycles. The molecule has 2 aromatic rings. The van der Waals surface area contributed by atoms with Crippen LogP contribution in [0, 0.1) is 0 Å². The molecule has 2 aromatic carbocycles. The molecule has 172 valence electrons. The highest BCUT2D eigenvalue weighted by molar-refractivity contribution is 7.89. The molecule has 1 fully saturated rings. The number of hydrogen-bond donors (Lipinski definition) is 2. The minimum absolute atomic E-state index is 0.0181. The van der Waals surface area contributed by atoms with Crippen LogP contribution >= 0.6 is 23.2 Å². The van der Waals surface area contributed by atoms with Crippen LogP contribution in [-0.4, -0.2) is 64.5 Å². The summed E-state index contributed by atoms with van der Waals surface area (Å²) in [6, 6.07) is 8.58. The zero-order chi connectivity index (χ0) is 23.3. The van der Waals surface area contributed by atoms with E-state index in [0.29, 0.717) is 23.9 Å². The Kier molecular flexibility index (Phi) is 7.96. The number of halogens is 2. The molecule has 9 nitrogen and oxygen atoms in total. The molecule has 0 aliphatic carbocycles. The maximum Gasteiger partial charge on any atom is 0.255 e. The van der Waals surface area contributed by atoms with Gasteiger partial charge in [-0.05, 0) is 36.4 Å². The predicted octanol–water partition coefficient (Wildman–Crippen LogP) is 2.39. The van der Waals surface area contributed by atoms with Crippen molar-refractivity contribution in [2.75, 3.05) is 45.3 Å². The van der Waals surface area contributed by atoms with E-state index in [-0.39, 0.29) is 40.9 Å². The van der Waals surface area contributed by atoms with E-state index in [4.69, 9.17) is 32.7 Å². The molecule has 1 aliphatic heterocycles. The number of methoxy groups -OCH3 is 1. The van der Waals surface area contributed by atoms with Gasteiger partial charge in [-0.3, -0.25) is 9.59 Å². The van der Waals surface area contributed by atoms with E-state index in [0.717, 1.165) is 0 Å². The highest BCUT2D eigenvalue weighted by atomic mass is 35.5. The minimum Gasteiger partial charge on any atom is -0.496 e. The highest BCUT2D eigenvalue weighted by Gasteiger charge is 2.28. The van der Waals surface area contributed by atoms with Gasteiger partial charge in [-0.2, -0.15) is 4.31 Å². The number of nitrogens with zero attached hydrogens (tertiary/aromatic N) is 1. The van der Waals surface area contributed by atoms with Gasteiger partial charge in [-0.1, -0.05) is 23.2 Å². The predicted molar refractivity (Wildman–Crippen MR) is 120 cm³/mol. The van der Waals surface area contributed by atoms with E-state index in [1.807, 2.05) is 0 Å². The van der Waals surface area contributed by atoms with Gasteiger partial charge in [0, 0.05) is 18.1 Å². The van der Waals surface area contributed by atoms with Crippen molar-refractivity contribution < 1.29 is 27.5 Å². The van der Waals surface area contributed by atoms with Crippen molar-refractivity contribution in [1.82, 2.24) is 9.62 Å². The number of sulfonamides is 1. The van der Waals surface area contributed by atoms with Crippen LogP contribution in [0.3, 0.4) is 0 Å². The Morgan fingerprint density at radius 1 is 1.12 bits per heavy atom. The molecule has 1 heterocycles. The van der Waals surface area contributed by atoms with Crippen LogP contribution in [0.5, 0.6) is 5.75 Å². The largest absolute Gasteiger partial charge is 0.496 e. The second-order valence-electron chi connectivity index (χ2n) is 6.73. The highest BCUT2D eigenvalue weighted by Crippen LogP contribution is 2.26. The summed E-state index contributed by atoms with van der Waals surface area (Å²) in [7, 11) is -2.46. The van der Waals surface area contributed by atoms with Gasteiger partial charge in [0.2, 0.25) is 15.9 Å². The first-order valence-electron chi connectivity index (χ1n) is 9.51. The zero-order valence-corrected chi connectivity index (χ0v) is 19.4. The second kappa shape index (κ2) is 10.5. The molecule has 12 heteroatoms. The number of morpholine rings is 1. The summed E-state index contributed by atoms with van der Waals surface area (Å²) in [5.41, 5.74) is 0.282. The molecule has 0 spiro atoms. The van der Waals surface area contributed by atoms with E-state index >= 15 is 0 Å². The summed E-state index contributed by atoms with van der Waals surface area (Å²) in [5.74, 6) is -1.05. The molecule has 0 unspecified atom stereocenters. The van der Waals surface area contributed by atoms with Crippen molar-refractivity contribution in [2.24, 2.45) is 0 Å². The van der Waals surface area contributed by atoms with E-state index < -0.39 is 21.8 Å². The Hall–Kier alpha value is -2.37. The maximum absolute atomic E-state index is 12.9. The van der Waals surface area contributed by atoms with Crippen molar-refractivity contribution in [1.29, 1.82) is 0 Å². The van der Waals surface area contributed by atoms with Crippen LogP contribution in [0.1, 0.15) is 10.4 Å². The number of carbonyl (C=O) groups excluding carboxylic acids is 2. The SMILES string of the molecule is COc1ccc(S(=O)(=O)N2CCOCC2)cc1C(=O)NCC(=O)Nc1cc(Cl)ccc1Cl. The lowest BCUT2D eigenvalue weighted by molar-refractivity contribution is -0.115. The van der Waals surface area contributed by atoms with E-state index in [1.165, 1.54) is 41.7 Å². The fourth-order valence-corrected chi connectivity index (χ4v) is 4.78. The third kappa shape index (κ3) is 5.70. The van der Waals surface area contributed by atoms with Crippen molar-refractivity contribution >= 4 is 50.7 Å². The molecule has 0 radical (unpaired) electrons. The van der Waals surface area contributed by atoms with Crippen LogP contribution in [-0.2, 0) is 19.6 Å². The number of carbonyl (C=O) groups is 2. The number of benzene rings is 2. The summed E-state index contributed by atoms with van der Waals surface area (Å²) in [4.78, 5) is 24.9. The summed E-state index contributed by atoms with van der Waals surface area (Å²) >= 11 is 11.9. The Morgan fingerprint density at radius 2 is 1.84 bits per heavy atom. The van der Waals surface area contributed by atoms with Crippen LogP contribution in [0.4, 0.5) is 5.69 Å². The average molecular weight is 502 g/mol. The van der Waals surface area contributed by atoms with Crippen LogP contribution in [0.25, 0.3) is 0 Å². The monoisotopic (exact) mass is 501 g/mol. The van der Waals surface area contributed by atoms with E-state index in [9.17, 15) is 18.0 Å². The van der Waals surface area contributed by atoms with Gasteiger partial charge in [-0.25, -0.2) is 8.42 Å². The third-order valence-electron chi connectivity index (χ3n) is 4.64. The van der Waals surface area contributed by atoms with Gasteiger partial charge in [-0.15, -0.1) is 0 Å². The molecular formula is C20H21Cl2N3O6S. The molecule has 0 atom stereocenters. The Morgan fingerprint density at radius 3 is 2.53 bits per heavy atom. The molecule has 2 amide bonds. The van der Waals surface area contributed by atoms with Gasteiger partial charge in [0.15, 0.2) is 0 Å². The Labute approximate surface area is 195 Å². The fourth-order valence-electron chi connectivity index (χ4n) is 3.00. The fraction of sp³-hybridized carbons (Fsp3) is 0.300. The van der Waals surface area contributed by atoms with Gasteiger partial charge < -0.3 is 20.1 Å². The first kappa shape index (κ1) is 24.3. The van der Waals surface area contributed by atoms with E-state index in [1.54, 1.807) is 6.07 Å². The lowest BCUT2D eigenvalue weighted by atomic mass is 10.2. The smallest absolute Gasteiger partial charge is 0.255 e. The molecule has 1 aliphatic rings. The average Bonchev–Trinajstić information content (AvgIpc) is 2.80. The molecule has 1 saturated heterocycles. The number of ether oxygens (including phenoxy) is 2. The normalized spacial score (nSPS) is 14.6. The second-order valence-corrected chi connectivity index (χ2v) is 9.52. The van der Waals surface area contributed by atoms with Gasteiger partial charge in [0.25, 0.3) is 5.91 Å².